The molecule has 0 radical (unpaired) electrons. The van der Waals surface area contributed by atoms with Crippen LogP contribution in [0, 0.1) is 13.8 Å². The van der Waals surface area contributed by atoms with E-state index in [1.165, 1.54) is 18.3 Å². The molecule has 3 aromatic heterocycles. The van der Waals surface area contributed by atoms with E-state index in [1.807, 2.05) is 19.9 Å². The maximum absolute atomic E-state index is 13.1. The Morgan fingerprint density at radius 2 is 2.04 bits per heavy atom. The number of aromatic nitrogens is 3. The third-order valence-electron chi connectivity index (χ3n) is 4.77. The summed E-state index contributed by atoms with van der Waals surface area (Å²) in [6, 6.07) is 7.23. The van der Waals surface area contributed by atoms with Crippen LogP contribution in [0.5, 0.6) is 5.75 Å². The maximum atomic E-state index is 13.1. The van der Waals surface area contributed by atoms with Gasteiger partial charge in [-0.2, -0.15) is 0 Å². The van der Waals surface area contributed by atoms with Gasteiger partial charge in [0, 0.05) is 22.2 Å². The monoisotopic (exact) mass is 393 g/mol. The Morgan fingerprint density at radius 3 is 2.75 bits per heavy atom. The lowest BCUT2D eigenvalue weighted by molar-refractivity contribution is 0.101. The summed E-state index contributed by atoms with van der Waals surface area (Å²) >= 11 is 1.37. The fourth-order valence-electron chi connectivity index (χ4n) is 3.42. The SMILES string of the molecule is COc1ccc(C(C)=O)cc1Cn1cnc2c(sc3nc(C)cc(C)c32)c1=O. The van der Waals surface area contributed by atoms with Crippen LogP contribution in [0.1, 0.15) is 34.1 Å². The molecule has 0 unspecified atom stereocenters. The number of ketones is 1. The number of nitrogens with zero attached hydrogens (tertiary/aromatic N) is 3. The van der Waals surface area contributed by atoms with Crippen LogP contribution in [-0.4, -0.2) is 27.4 Å². The summed E-state index contributed by atoms with van der Waals surface area (Å²) in [5.41, 5.74) is 3.88. The van der Waals surface area contributed by atoms with Crippen LogP contribution in [0.2, 0.25) is 0 Å². The molecule has 0 spiro atoms. The predicted octanol–water partition coefficient (Wildman–Crippen LogP) is 3.88. The number of carbonyl (C=O) groups is 1. The number of ether oxygens (including phenoxy) is 1. The first-order valence-corrected chi connectivity index (χ1v) is 9.64. The molecule has 6 nitrogen and oxygen atoms in total. The third kappa shape index (κ3) is 2.97. The molecule has 0 saturated carbocycles. The van der Waals surface area contributed by atoms with E-state index in [9.17, 15) is 9.59 Å². The van der Waals surface area contributed by atoms with Crippen molar-refractivity contribution in [3.05, 3.63) is 63.3 Å². The molecule has 0 bridgehead atoms. The number of hydrogen-bond acceptors (Lipinski definition) is 6. The Balaban J connectivity index is 1.87. The quantitative estimate of drug-likeness (QED) is 0.492. The highest BCUT2D eigenvalue weighted by Gasteiger charge is 2.16. The third-order valence-corrected chi connectivity index (χ3v) is 5.83. The number of carbonyl (C=O) groups excluding carboxylic acids is 1. The number of hydrogen-bond donors (Lipinski definition) is 0. The number of Topliss-reactive ketones (excluding diaryl/α,β-unsaturated/α-hetero) is 1. The van der Waals surface area contributed by atoms with Gasteiger partial charge in [0.15, 0.2) is 5.78 Å². The van der Waals surface area contributed by atoms with Gasteiger partial charge in [0.25, 0.3) is 5.56 Å². The summed E-state index contributed by atoms with van der Waals surface area (Å²) in [6.45, 7) is 5.73. The minimum Gasteiger partial charge on any atom is -0.496 e. The molecule has 3 heterocycles. The van der Waals surface area contributed by atoms with E-state index in [0.29, 0.717) is 21.5 Å². The van der Waals surface area contributed by atoms with Crippen LogP contribution >= 0.6 is 11.3 Å². The lowest BCUT2D eigenvalue weighted by Gasteiger charge is -2.11. The zero-order chi connectivity index (χ0) is 20.0. The van der Waals surface area contributed by atoms with Gasteiger partial charge in [-0.15, -0.1) is 11.3 Å². The Morgan fingerprint density at radius 1 is 1.25 bits per heavy atom. The van der Waals surface area contributed by atoms with E-state index in [0.717, 1.165) is 27.0 Å². The second-order valence-corrected chi connectivity index (χ2v) is 7.80. The molecule has 0 fully saturated rings. The largest absolute Gasteiger partial charge is 0.496 e. The fraction of sp³-hybridized carbons (Fsp3) is 0.238. The summed E-state index contributed by atoms with van der Waals surface area (Å²) in [6.07, 6.45) is 1.55. The molecule has 0 N–H and O–H groups in total. The van der Waals surface area contributed by atoms with Gasteiger partial charge in [-0.3, -0.25) is 14.2 Å². The van der Waals surface area contributed by atoms with Crippen LogP contribution < -0.4 is 10.3 Å². The summed E-state index contributed by atoms with van der Waals surface area (Å²) < 4.78 is 7.53. The molecule has 4 aromatic rings. The molecular weight excluding hydrogens is 374 g/mol. The van der Waals surface area contributed by atoms with Gasteiger partial charge in [-0.1, -0.05) is 0 Å². The molecular formula is C21H19N3O3S. The van der Waals surface area contributed by atoms with Crippen LogP contribution in [-0.2, 0) is 6.54 Å². The molecule has 0 aliphatic carbocycles. The van der Waals surface area contributed by atoms with Crippen molar-refractivity contribution < 1.29 is 9.53 Å². The molecule has 0 saturated heterocycles. The lowest BCUT2D eigenvalue weighted by atomic mass is 10.1. The first kappa shape index (κ1) is 18.3. The average molecular weight is 393 g/mol. The van der Waals surface area contributed by atoms with Crippen molar-refractivity contribution in [2.75, 3.05) is 7.11 Å². The van der Waals surface area contributed by atoms with E-state index in [1.54, 1.807) is 36.2 Å². The first-order valence-electron chi connectivity index (χ1n) is 8.82. The molecule has 0 aliphatic rings. The van der Waals surface area contributed by atoms with Crippen LogP contribution in [0.3, 0.4) is 0 Å². The predicted molar refractivity (Wildman–Crippen MR) is 111 cm³/mol. The Labute approximate surface area is 165 Å². The zero-order valence-corrected chi connectivity index (χ0v) is 16.9. The van der Waals surface area contributed by atoms with Crippen LogP contribution in [0.15, 0.2) is 35.4 Å². The van der Waals surface area contributed by atoms with Gasteiger partial charge in [0.1, 0.15) is 15.3 Å². The van der Waals surface area contributed by atoms with Crippen LogP contribution in [0.4, 0.5) is 0 Å². The van der Waals surface area contributed by atoms with E-state index in [4.69, 9.17) is 4.74 Å². The molecule has 1 aromatic carbocycles. The Hall–Kier alpha value is -3.06. The number of pyridine rings is 1. The van der Waals surface area contributed by atoms with E-state index in [-0.39, 0.29) is 17.9 Å². The second-order valence-electron chi connectivity index (χ2n) is 6.80. The number of thiophene rings is 1. The van der Waals surface area contributed by atoms with Crippen LogP contribution in [0.25, 0.3) is 20.4 Å². The highest BCUT2D eigenvalue weighted by molar-refractivity contribution is 7.25. The van der Waals surface area contributed by atoms with Gasteiger partial charge in [-0.05, 0) is 50.6 Å². The van der Waals surface area contributed by atoms with Crippen molar-refractivity contribution in [3.63, 3.8) is 0 Å². The summed E-state index contributed by atoms with van der Waals surface area (Å²) in [5.74, 6) is 0.590. The highest BCUT2D eigenvalue weighted by atomic mass is 32.1. The number of benzene rings is 1. The summed E-state index contributed by atoms with van der Waals surface area (Å²) in [5, 5.41) is 0.936. The number of methoxy groups -OCH3 is 1. The molecule has 0 aliphatic heterocycles. The van der Waals surface area contributed by atoms with Gasteiger partial charge < -0.3 is 4.74 Å². The molecule has 0 amide bonds. The van der Waals surface area contributed by atoms with Crippen molar-refractivity contribution in [3.8, 4) is 5.75 Å². The number of aryl methyl sites for hydroxylation is 2. The molecule has 4 rings (SSSR count). The molecule has 142 valence electrons. The van der Waals surface area contributed by atoms with E-state index in [2.05, 4.69) is 9.97 Å². The van der Waals surface area contributed by atoms with Crippen molar-refractivity contribution in [1.29, 1.82) is 0 Å². The Bertz CT molecular complexity index is 1300. The second kappa shape index (κ2) is 6.83. The molecule has 7 heteroatoms. The van der Waals surface area contributed by atoms with Gasteiger partial charge in [-0.25, -0.2) is 9.97 Å². The number of rotatable bonds is 4. The lowest BCUT2D eigenvalue weighted by Crippen LogP contribution is -2.20. The minimum atomic E-state index is -0.125. The van der Waals surface area contributed by atoms with Gasteiger partial charge >= 0.3 is 0 Å². The average Bonchev–Trinajstić information content (AvgIpc) is 3.03. The Kier molecular flexibility index (Phi) is 4.47. The smallest absolute Gasteiger partial charge is 0.271 e. The van der Waals surface area contributed by atoms with Crippen molar-refractivity contribution in [2.45, 2.75) is 27.3 Å². The van der Waals surface area contributed by atoms with Crippen molar-refractivity contribution >= 4 is 37.6 Å². The zero-order valence-electron chi connectivity index (χ0n) is 16.1. The molecule has 0 atom stereocenters. The minimum absolute atomic E-state index is 0.0359. The first-order chi connectivity index (χ1) is 13.4. The van der Waals surface area contributed by atoms with Crippen molar-refractivity contribution in [1.82, 2.24) is 14.5 Å². The van der Waals surface area contributed by atoms with E-state index >= 15 is 0 Å². The highest BCUT2D eigenvalue weighted by Crippen LogP contribution is 2.31. The summed E-state index contributed by atoms with van der Waals surface area (Å²) in [7, 11) is 1.57. The topological polar surface area (TPSA) is 74.1 Å². The summed E-state index contributed by atoms with van der Waals surface area (Å²) in [4.78, 5) is 34.8. The van der Waals surface area contributed by atoms with Crippen molar-refractivity contribution in [2.24, 2.45) is 0 Å². The molecule has 28 heavy (non-hydrogen) atoms. The van der Waals surface area contributed by atoms with Gasteiger partial charge in [0.2, 0.25) is 0 Å². The fourth-order valence-corrected chi connectivity index (χ4v) is 4.62. The van der Waals surface area contributed by atoms with E-state index < -0.39 is 0 Å². The van der Waals surface area contributed by atoms with Gasteiger partial charge in [0.05, 0.1) is 25.5 Å². The normalized spacial score (nSPS) is 11.3. The number of fused-ring (bicyclic) bond motifs is 3. The standard InChI is InChI=1S/C21H19N3O3S/c1-11-7-12(2)23-20-17(11)18-19(28-20)21(26)24(10-22-18)9-15-8-14(13(3)25)5-6-16(15)27-4/h5-8,10H,9H2,1-4H3. The maximum Gasteiger partial charge on any atom is 0.271 e.